The molecule has 0 aromatic carbocycles. The van der Waals surface area contributed by atoms with E-state index in [9.17, 15) is 5.11 Å². The first-order valence-corrected chi connectivity index (χ1v) is 8.69. The lowest BCUT2D eigenvalue weighted by molar-refractivity contribution is -0.0952. The summed E-state index contributed by atoms with van der Waals surface area (Å²) >= 11 is 0. The standard InChI is InChI=1S/C17H33NO2/c1-20-13-6-5-11-17(19,15-8-3-2-4-9-15)16-10-7-12-18-14-16/h15-16,18-19H,2-14H2,1H3/t16-,17-/m1/s1. The molecule has 1 saturated heterocycles. The van der Waals surface area contributed by atoms with Gasteiger partial charge in [-0.05, 0) is 57.4 Å². The Morgan fingerprint density at radius 2 is 1.80 bits per heavy atom. The number of methoxy groups -OCH3 is 1. The molecule has 2 aliphatic rings. The van der Waals surface area contributed by atoms with Gasteiger partial charge < -0.3 is 15.2 Å². The quantitative estimate of drug-likeness (QED) is 0.705. The third kappa shape index (κ3) is 4.19. The van der Waals surface area contributed by atoms with Crippen LogP contribution in [0.5, 0.6) is 0 Å². The number of hydrogen-bond donors (Lipinski definition) is 2. The zero-order chi connectivity index (χ0) is 14.3. The molecule has 1 aliphatic heterocycles. The molecule has 2 rings (SSSR count). The summed E-state index contributed by atoms with van der Waals surface area (Å²) in [5.74, 6) is 0.991. The maximum absolute atomic E-state index is 11.5. The molecule has 118 valence electrons. The van der Waals surface area contributed by atoms with Crippen LogP contribution >= 0.6 is 0 Å². The van der Waals surface area contributed by atoms with Gasteiger partial charge in [0.25, 0.3) is 0 Å². The van der Waals surface area contributed by atoms with Crippen molar-refractivity contribution in [3.05, 3.63) is 0 Å². The summed E-state index contributed by atoms with van der Waals surface area (Å²) in [5.41, 5.74) is -0.429. The third-order valence-corrected chi connectivity index (χ3v) is 5.49. The van der Waals surface area contributed by atoms with Crippen LogP contribution in [0.15, 0.2) is 0 Å². The van der Waals surface area contributed by atoms with Crippen molar-refractivity contribution in [2.75, 3.05) is 26.8 Å². The van der Waals surface area contributed by atoms with Crippen LogP contribution in [-0.4, -0.2) is 37.5 Å². The van der Waals surface area contributed by atoms with Crippen LogP contribution < -0.4 is 5.32 Å². The number of rotatable bonds is 7. The molecule has 3 nitrogen and oxygen atoms in total. The number of aliphatic hydroxyl groups is 1. The van der Waals surface area contributed by atoms with E-state index in [4.69, 9.17) is 4.74 Å². The van der Waals surface area contributed by atoms with E-state index < -0.39 is 5.60 Å². The Morgan fingerprint density at radius 1 is 1.05 bits per heavy atom. The van der Waals surface area contributed by atoms with E-state index in [0.717, 1.165) is 39.0 Å². The van der Waals surface area contributed by atoms with Gasteiger partial charge in [0.1, 0.15) is 0 Å². The molecule has 0 bridgehead atoms. The number of unbranched alkanes of at least 4 members (excludes halogenated alkanes) is 1. The molecule has 2 fully saturated rings. The molecule has 3 heteroatoms. The van der Waals surface area contributed by atoms with Crippen LogP contribution in [0.1, 0.15) is 64.2 Å². The minimum Gasteiger partial charge on any atom is -0.389 e. The summed E-state index contributed by atoms with van der Waals surface area (Å²) in [6, 6.07) is 0. The molecule has 0 spiro atoms. The van der Waals surface area contributed by atoms with Crippen molar-refractivity contribution in [2.45, 2.75) is 69.8 Å². The van der Waals surface area contributed by atoms with Crippen molar-refractivity contribution in [3.8, 4) is 0 Å². The van der Waals surface area contributed by atoms with Crippen molar-refractivity contribution in [2.24, 2.45) is 11.8 Å². The highest BCUT2D eigenvalue weighted by Gasteiger charge is 2.43. The van der Waals surface area contributed by atoms with Crippen LogP contribution in [0.4, 0.5) is 0 Å². The van der Waals surface area contributed by atoms with E-state index in [2.05, 4.69) is 5.32 Å². The average Bonchev–Trinajstić information content (AvgIpc) is 2.53. The lowest BCUT2D eigenvalue weighted by atomic mass is 9.66. The smallest absolute Gasteiger partial charge is 0.0715 e. The summed E-state index contributed by atoms with van der Waals surface area (Å²) in [4.78, 5) is 0. The van der Waals surface area contributed by atoms with Gasteiger partial charge in [0.15, 0.2) is 0 Å². The Hall–Kier alpha value is -0.120. The Morgan fingerprint density at radius 3 is 2.45 bits per heavy atom. The molecular weight excluding hydrogens is 250 g/mol. The second-order valence-corrected chi connectivity index (χ2v) is 6.82. The van der Waals surface area contributed by atoms with Crippen molar-refractivity contribution in [3.63, 3.8) is 0 Å². The summed E-state index contributed by atoms with van der Waals surface area (Å²) in [7, 11) is 1.76. The van der Waals surface area contributed by atoms with E-state index in [1.165, 1.54) is 44.9 Å². The molecule has 20 heavy (non-hydrogen) atoms. The largest absolute Gasteiger partial charge is 0.389 e. The second-order valence-electron chi connectivity index (χ2n) is 6.82. The number of ether oxygens (including phenoxy) is 1. The molecule has 0 aromatic rings. The van der Waals surface area contributed by atoms with E-state index >= 15 is 0 Å². The van der Waals surface area contributed by atoms with Crippen molar-refractivity contribution in [1.29, 1.82) is 0 Å². The van der Waals surface area contributed by atoms with Gasteiger partial charge in [0.2, 0.25) is 0 Å². The van der Waals surface area contributed by atoms with Crippen LogP contribution in [0.3, 0.4) is 0 Å². The summed E-state index contributed by atoms with van der Waals surface area (Å²) in [6.45, 7) is 2.96. The lowest BCUT2D eigenvalue weighted by Crippen LogP contribution is -2.51. The van der Waals surface area contributed by atoms with E-state index in [1.807, 2.05) is 0 Å². The van der Waals surface area contributed by atoms with Crippen LogP contribution in [0.2, 0.25) is 0 Å². The Bertz CT molecular complexity index is 240. The zero-order valence-corrected chi connectivity index (χ0v) is 13.2. The Balaban J connectivity index is 1.96. The lowest BCUT2D eigenvalue weighted by Gasteiger charge is -2.46. The Labute approximate surface area is 124 Å². The highest BCUT2D eigenvalue weighted by molar-refractivity contribution is 4.95. The molecule has 0 radical (unpaired) electrons. The first-order valence-electron chi connectivity index (χ1n) is 8.69. The molecule has 1 aliphatic carbocycles. The molecule has 1 saturated carbocycles. The molecule has 0 amide bonds. The van der Waals surface area contributed by atoms with Crippen LogP contribution in [0.25, 0.3) is 0 Å². The van der Waals surface area contributed by atoms with Crippen molar-refractivity contribution < 1.29 is 9.84 Å². The van der Waals surface area contributed by atoms with Gasteiger partial charge in [-0.25, -0.2) is 0 Å². The summed E-state index contributed by atoms with van der Waals surface area (Å²) in [5, 5.41) is 15.0. The minimum absolute atomic E-state index is 0.429. The van der Waals surface area contributed by atoms with Crippen molar-refractivity contribution in [1.82, 2.24) is 5.32 Å². The van der Waals surface area contributed by atoms with E-state index in [1.54, 1.807) is 7.11 Å². The van der Waals surface area contributed by atoms with E-state index in [0.29, 0.717) is 11.8 Å². The van der Waals surface area contributed by atoms with Gasteiger partial charge in [0.05, 0.1) is 5.60 Å². The molecule has 2 atom stereocenters. The predicted molar refractivity (Wildman–Crippen MR) is 82.8 cm³/mol. The highest BCUT2D eigenvalue weighted by Crippen LogP contribution is 2.42. The normalized spacial score (nSPS) is 28.2. The fourth-order valence-electron chi connectivity index (χ4n) is 4.28. The number of hydrogen-bond acceptors (Lipinski definition) is 3. The van der Waals surface area contributed by atoms with E-state index in [-0.39, 0.29) is 0 Å². The number of piperidine rings is 1. The predicted octanol–water partition coefficient (Wildman–Crippen LogP) is 3.11. The minimum atomic E-state index is -0.429. The van der Waals surface area contributed by atoms with Gasteiger partial charge in [-0.2, -0.15) is 0 Å². The zero-order valence-electron chi connectivity index (χ0n) is 13.2. The SMILES string of the molecule is COCCCC[C@@](O)(C1CCCCC1)[C@@H]1CCCNC1. The fourth-order valence-corrected chi connectivity index (χ4v) is 4.28. The second kappa shape index (κ2) is 8.35. The highest BCUT2D eigenvalue weighted by atomic mass is 16.5. The maximum Gasteiger partial charge on any atom is 0.0715 e. The number of nitrogens with one attached hydrogen (secondary N) is 1. The monoisotopic (exact) mass is 283 g/mol. The first-order chi connectivity index (χ1) is 9.77. The first kappa shape index (κ1) is 16.3. The van der Waals surface area contributed by atoms with Gasteiger partial charge >= 0.3 is 0 Å². The average molecular weight is 283 g/mol. The molecule has 0 unspecified atom stereocenters. The summed E-state index contributed by atoms with van der Waals surface area (Å²) < 4.78 is 5.15. The van der Waals surface area contributed by atoms with Gasteiger partial charge in [0, 0.05) is 26.2 Å². The summed E-state index contributed by atoms with van der Waals surface area (Å²) in [6.07, 6.45) is 12.0. The maximum atomic E-state index is 11.5. The van der Waals surface area contributed by atoms with Crippen LogP contribution in [0, 0.1) is 11.8 Å². The van der Waals surface area contributed by atoms with Gasteiger partial charge in [-0.15, -0.1) is 0 Å². The van der Waals surface area contributed by atoms with Gasteiger partial charge in [-0.3, -0.25) is 0 Å². The molecule has 0 aromatic heterocycles. The van der Waals surface area contributed by atoms with Gasteiger partial charge in [-0.1, -0.05) is 19.3 Å². The van der Waals surface area contributed by atoms with Crippen LogP contribution in [-0.2, 0) is 4.74 Å². The van der Waals surface area contributed by atoms with Crippen molar-refractivity contribution >= 4 is 0 Å². The molecule has 1 heterocycles. The molecule has 2 N–H and O–H groups in total. The molecular formula is C17H33NO2. The fraction of sp³-hybridized carbons (Fsp3) is 1.00. The Kier molecular flexibility index (Phi) is 6.79. The third-order valence-electron chi connectivity index (χ3n) is 5.49. The topological polar surface area (TPSA) is 41.5 Å².